The van der Waals surface area contributed by atoms with E-state index in [4.69, 9.17) is 4.74 Å². The van der Waals surface area contributed by atoms with Crippen molar-refractivity contribution in [1.29, 1.82) is 0 Å². The lowest BCUT2D eigenvalue weighted by atomic mass is 9.52. The average molecular weight is 204 g/mol. The van der Waals surface area contributed by atoms with E-state index < -0.39 is 0 Å². The van der Waals surface area contributed by atoms with Crippen molar-refractivity contribution >= 4 is 0 Å². The molecule has 15 heavy (non-hydrogen) atoms. The highest BCUT2D eigenvalue weighted by Crippen LogP contribution is 2.61. The molecule has 1 aliphatic carbocycles. The summed E-state index contributed by atoms with van der Waals surface area (Å²) in [7, 11) is 0. The van der Waals surface area contributed by atoms with Crippen LogP contribution < -0.4 is 0 Å². The summed E-state index contributed by atoms with van der Waals surface area (Å²) >= 11 is 0. The van der Waals surface area contributed by atoms with Crippen molar-refractivity contribution in [2.75, 3.05) is 0 Å². The van der Waals surface area contributed by atoms with Crippen LogP contribution in [-0.2, 0) is 4.74 Å². The fourth-order valence-corrected chi connectivity index (χ4v) is 2.90. The van der Waals surface area contributed by atoms with Gasteiger partial charge >= 0.3 is 0 Å². The van der Waals surface area contributed by atoms with E-state index in [1.807, 2.05) is 13.0 Å². The Morgan fingerprint density at radius 2 is 2.13 bits per heavy atom. The predicted molar refractivity (Wildman–Crippen MR) is 63.4 cm³/mol. The van der Waals surface area contributed by atoms with Gasteiger partial charge in [-0.1, -0.05) is 32.1 Å². The molecule has 0 spiro atoms. The fraction of sp³-hybridized carbons (Fsp3) is 0.571. The summed E-state index contributed by atoms with van der Waals surface area (Å²) in [5.74, 6) is 1.66. The Morgan fingerprint density at radius 3 is 2.67 bits per heavy atom. The number of allylic oxidation sites excluding steroid dienone is 4. The first-order valence-corrected chi connectivity index (χ1v) is 5.70. The molecule has 82 valence electrons. The molecule has 1 heterocycles. The molecule has 1 aliphatic heterocycles. The standard InChI is InChI=1S/C14H20O/c1-5-6-7-8-14-12(9-11(2)15-14)10-13(14,3)4/h5-9,12H,10H2,1-4H3/b6-5-,8-7+. The van der Waals surface area contributed by atoms with Crippen LogP contribution >= 0.6 is 0 Å². The zero-order chi connectivity index (χ0) is 11.1. The number of hydrogen-bond donors (Lipinski definition) is 0. The molecule has 0 radical (unpaired) electrons. The van der Waals surface area contributed by atoms with E-state index in [0.717, 1.165) is 5.76 Å². The Balaban J connectivity index is 2.24. The van der Waals surface area contributed by atoms with E-state index in [9.17, 15) is 0 Å². The molecular weight excluding hydrogens is 184 g/mol. The van der Waals surface area contributed by atoms with E-state index in [1.165, 1.54) is 6.42 Å². The lowest BCUT2D eigenvalue weighted by Crippen LogP contribution is -2.58. The van der Waals surface area contributed by atoms with Crippen LogP contribution in [0.1, 0.15) is 34.1 Å². The van der Waals surface area contributed by atoms with Crippen LogP contribution in [0.25, 0.3) is 0 Å². The van der Waals surface area contributed by atoms with Crippen molar-refractivity contribution in [2.45, 2.75) is 39.7 Å². The highest BCUT2D eigenvalue weighted by molar-refractivity contribution is 5.32. The van der Waals surface area contributed by atoms with Gasteiger partial charge in [0.15, 0.2) is 0 Å². The first-order valence-electron chi connectivity index (χ1n) is 5.70. The Kier molecular flexibility index (Phi) is 2.29. The second-order valence-electron chi connectivity index (χ2n) is 5.25. The van der Waals surface area contributed by atoms with Gasteiger partial charge < -0.3 is 4.74 Å². The van der Waals surface area contributed by atoms with Crippen molar-refractivity contribution in [2.24, 2.45) is 11.3 Å². The van der Waals surface area contributed by atoms with Crippen LogP contribution in [0.3, 0.4) is 0 Å². The van der Waals surface area contributed by atoms with Crippen LogP contribution in [0.4, 0.5) is 0 Å². The van der Waals surface area contributed by atoms with Crippen LogP contribution in [0.5, 0.6) is 0 Å². The molecule has 0 aromatic heterocycles. The molecule has 0 N–H and O–H groups in total. The van der Waals surface area contributed by atoms with E-state index in [-0.39, 0.29) is 11.0 Å². The van der Waals surface area contributed by atoms with Gasteiger partial charge in [0.2, 0.25) is 0 Å². The summed E-state index contributed by atoms with van der Waals surface area (Å²) in [6.07, 6.45) is 11.9. The summed E-state index contributed by atoms with van der Waals surface area (Å²) in [5.41, 5.74) is 0.181. The third kappa shape index (κ3) is 1.37. The number of fused-ring (bicyclic) bond motifs is 1. The maximum atomic E-state index is 6.05. The van der Waals surface area contributed by atoms with E-state index >= 15 is 0 Å². The number of ether oxygens (including phenoxy) is 1. The molecule has 2 unspecified atom stereocenters. The van der Waals surface area contributed by atoms with Crippen LogP contribution in [0.2, 0.25) is 0 Å². The minimum absolute atomic E-state index is 0.0728. The SMILES string of the molecule is C/C=C\C=C\C12OC(C)=CC1CC2(C)C. The van der Waals surface area contributed by atoms with E-state index in [1.54, 1.807) is 0 Å². The topological polar surface area (TPSA) is 9.23 Å². The van der Waals surface area contributed by atoms with Gasteiger partial charge in [-0.3, -0.25) is 0 Å². The van der Waals surface area contributed by atoms with Crippen molar-refractivity contribution in [3.8, 4) is 0 Å². The summed E-state index contributed by atoms with van der Waals surface area (Å²) in [6, 6.07) is 0. The van der Waals surface area contributed by atoms with Gasteiger partial charge in [0.25, 0.3) is 0 Å². The monoisotopic (exact) mass is 204 g/mol. The molecule has 0 aromatic rings. The predicted octanol–water partition coefficient (Wildman–Crippen LogP) is 3.84. The van der Waals surface area contributed by atoms with Crippen molar-refractivity contribution < 1.29 is 4.74 Å². The first kappa shape index (κ1) is 10.5. The summed E-state index contributed by atoms with van der Waals surface area (Å²) < 4.78 is 6.05. The molecule has 2 aliphatic rings. The molecule has 0 amide bonds. The van der Waals surface area contributed by atoms with E-state index in [2.05, 4.69) is 45.1 Å². The van der Waals surface area contributed by atoms with Crippen molar-refractivity contribution in [3.05, 3.63) is 36.1 Å². The minimum atomic E-state index is -0.0728. The third-order valence-corrected chi connectivity index (χ3v) is 3.75. The van der Waals surface area contributed by atoms with E-state index in [0.29, 0.717) is 5.92 Å². The molecule has 0 aromatic carbocycles. The molecular formula is C14H20O. The quantitative estimate of drug-likeness (QED) is 0.621. The first-order chi connectivity index (χ1) is 7.02. The Morgan fingerprint density at radius 1 is 1.40 bits per heavy atom. The molecule has 1 heteroatoms. The van der Waals surface area contributed by atoms with Gasteiger partial charge in [-0.15, -0.1) is 0 Å². The molecule has 2 atom stereocenters. The minimum Gasteiger partial charge on any atom is -0.487 e. The smallest absolute Gasteiger partial charge is 0.138 e. The normalized spacial score (nSPS) is 37.6. The second kappa shape index (κ2) is 3.26. The van der Waals surface area contributed by atoms with Gasteiger partial charge in [0.1, 0.15) is 5.60 Å². The Hall–Kier alpha value is -0.980. The zero-order valence-corrected chi connectivity index (χ0v) is 10.1. The Labute approximate surface area is 92.5 Å². The molecule has 0 saturated heterocycles. The second-order valence-corrected chi connectivity index (χ2v) is 5.25. The molecule has 1 saturated carbocycles. The maximum Gasteiger partial charge on any atom is 0.138 e. The van der Waals surface area contributed by atoms with Gasteiger partial charge in [-0.25, -0.2) is 0 Å². The maximum absolute atomic E-state index is 6.05. The van der Waals surface area contributed by atoms with Crippen LogP contribution in [0.15, 0.2) is 36.1 Å². The molecule has 2 rings (SSSR count). The largest absolute Gasteiger partial charge is 0.487 e. The van der Waals surface area contributed by atoms with Crippen LogP contribution in [-0.4, -0.2) is 5.60 Å². The number of rotatable bonds is 2. The summed E-state index contributed by atoms with van der Waals surface area (Å²) in [5, 5.41) is 0. The fourth-order valence-electron chi connectivity index (χ4n) is 2.90. The van der Waals surface area contributed by atoms with Gasteiger partial charge in [0, 0.05) is 11.3 Å². The molecule has 0 bridgehead atoms. The zero-order valence-electron chi connectivity index (χ0n) is 10.1. The van der Waals surface area contributed by atoms with Crippen molar-refractivity contribution in [1.82, 2.24) is 0 Å². The molecule has 1 nitrogen and oxygen atoms in total. The summed E-state index contributed by atoms with van der Waals surface area (Å²) in [4.78, 5) is 0. The number of hydrogen-bond acceptors (Lipinski definition) is 1. The van der Waals surface area contributed by atoms with Crippen LogP contribution in [0, 0.1) is 11.3 Å². The highest BCUT2D eigenvalue weighted by Gasteiger charge is 2.62. The third-order valence-electron chi connectivity index (χ3n) is 3.75. The average Bonchev–Trinajstić information content (AvgIpc) is 2.40. The molecule has 1 fully saturated rings. The lowest BCUT2D eigenvalue weighted by Gasteiger charge is -2.55. The highest BCUT2D eigenvalue weighted by atomic mass is 16.5. The van der Waals surface area contributed by atoms with Crippen molar-refractivity contribution in [3.63, 3.8) is 0 Å². The van der Waals surface area contributed by atoms with Gasteiger partial charge in [-0.2, -0.15) is 0 Å². The summed E-state index contributed by atoms with van der Waals surface area (Å²) in [6.45, 7) is 8.66. The van der Waals surface area contributed by atoms with Gasteiger partial charge in [0.05, 0.1) is 5.76 Å². The Bertz CT molecular complexity index is 346. The lowest BCUT2D eigenvalue weighted by molar-refractivity contribution is -0.140. The van der Waals surface area contributed by atoms with Gasteiger partial charge in [-0.05, 0) is 32.4 Å².